The van der Waals surface area contributed by atoms with Crippen LogP contribution in [0.3, 0.4) is 0 Å². The van der Waals surface area contributed by atoms with E-state index >= 15 is 0 Å². The number of nitrogens with zero attached hydrogens (tertiary/aromatic N) is 2. The van der Waals surface area contributed by atoms with E-state index in [9.17, 15) is 0 Å². The average Bonchev–Trinajstić information content (AvgIpc) is 2.65. The van der Waals surface area contributed by atoms with Gasteiger partial charge in [-0.3, -0.25) is 0 Å². The van der Waals surface area contributed by atoms with E-state index < -0.39 is 0 Å². The Bertz CT molecular complexity index is 253. The lowest BCUT2D eigenvalue weighted by atomic mass is 10.2. The molecule has 0 aliphatic heterocycles. The summed E-state index contributed by atoms with van der Waals surface area (Å²) in [4.78, 5) is 0. The van der Waals surface area contributed by atoms with Crippen molar-refractivity contribution in [1.82, 2.24) is 8.75 Å². The fourth-order valence-electron chi connectivity index (χ4n) is 1.08. The molecule has 80 valence electrons. The van der Waals surface area contributed by atoms with Gasteiger partial charge in [0.25, 0.3) is 5.88 Å². The Morgan fingerprint density at radius 2 is 2.14 bits per heavy atom. The van der Waals surface area contributed by atoms with Crippen LogP contribution in [-0.4, -0.2) is 21.6 Å². The van der Waals surface area contributed by atoms with Gasteiger partial charge in [-0.25, -0.2) is 0 Å². The molecule has 0 aliphatic carbocycles. The molecule has 0 aliphatic rings. The first-order valence-corrected chi connectivity index (χ1v) is 6.83. The molecule has 0 atom stereocenters. The Hall–Kier alpha value is -0.290. The van der Waals surface area contributed by atoms with Crippen molar-refractivity contribution >= 4 is 23.5 Å². The quantitative estimate of drug-likeness (QED) is 0.534. The zero-order valence-corrected chi connectivity index (χ0v) is 10.3. The van der Waals surface area contributed by atoms with E-state index in [-0.39, 0.29) is 0 Å². The topological polar surface area (TPSA) is 35.0 Å². The summed E-state index contributed by atoms with van der Waals surface area (Å²) in [6.07, 6.45) is 6.88. The van der Waals surface area contributed by atoms with E-state index in [2.05, 4.69) is 15.7 Å². The molecule has 0 spiro atoms. The van der Waals surface area contributed by atoms with Crippen LogP contribution < -0.4 is 4.74 Å². The van der Waals surface area contributed by atoms with Crippen LogP contribution >= 0.6 is 23.5 Å². The molecule has 1 heterocycles. The molecule has 0 radical (unpaired) electrons. The van der Waals surface area contributed by atoms with Gasteiger partial charge in [0.1, 0.15) is 0 Å². The van der Waals surface area contributed by atoms with Crippen LogP contribution in [0.2, 0.25) is 0 Å². The third-order valence-electron chi connectivity index (χ3n) is 1.86. The number of unbranched alkanes of at least 4 members (excludes halogenated alkanes) is 3. The number of hydrogen-bond acceptors (Lipinski definition) is 5. The van der Waals surface area contributed by atoms with Crippen LogP contribution in [-0.2, 0) is 0 Å². The van der Waals surface area contributed by atoms with Gasteiger partial charge < -0.3 is 4.74 Å². The Balaban J connectivity index is 2.17. The third-order valence-corrected chi connectivity index (χ3v) is 3.14. The van der Waals surface area contributed by atoms with Crippen molar-refractivity contribution in [2.75, 3.05) is 12.9 Å². The molecule has 1 aromatic heterocycles. The molecule has 1 aromatic rings. The molecular weight excluding hydrogens is 216 g/mol. The summed E-state index contributed by atoms with van der Waals surface area (Å²) < 4.78 is 13.7. The highest BCUT2D eigenvalue weighted by Gasteiger charge is 2.06. The van der Waals surface area contributed by atoms with Gasteiger partial charge in [0.05, 0.1) is 18.3 Å². The summed E-state index contributed by atoms with van der Waals surface area (Å²) in [6, 6.07) is 0. The minimum absolute atomic E-state index is 0.707. The number of thioether (sulfide) groups is 1. The Labute approximate surface area is 93.6 Å². The lowest BCUT2D eigenvalue weighted by molar-refractivity contribution is 0.289. The highest BCUT2D eigenvalue weighted by atomic mass is 32.2. The van der Waals surface area contributed by atoms with E-state index in [1.165, 1.54) is 31.0 Å². The van der Waals surface area contributed by atoms with Crippen LogP contribution in [0.15, 0.2) is 5.03 Å². The average molecular weight is 232 g/mol. The smallest absolute Gasteiger partial charge is 0.260 e. The third kappa shape index (κ3) is 3.84. The van der Waals surface area contributed by atoms with E-state index in [1.807, 2.05) is 6.26 Å². The van der Waals surface area contributed by atoms with E-state index in [4.69, 9.17) is 4.74 Å². The SMILES string of the molecule is CCCCCCOc1nsnc1SC. The van der Waals surface area contributed by atoms with Crippen molar-refractivity contribution in [2.45, 2.75) is 37.6 Å². The van der Waals surface area contributed by atoms with Gasteiger partial charge in [0.2, 0.25) is 0 Å². The van der Waals surface area contributed by atoms with Crippen molar-refractivity contribution in [3.05, 3.63) is 0 Å². The number of rotatable bonds is 7. The minimum Gasteiger partial charge on any atom is -0.475 e. The molecule has 0 aromatic carbocycles. The highest BCUT2D eigenvalue weighted by Crippen LogP contribution is 2.24. The van der Waals surface area contributed by atoms with Gasteiger partial charge in [-0.15, -0.1) is 16.1 Å². The molecule has 1 rings (SSSR count). The second-order valence-electron chi connectivity index (χ2n) is 2.99. The van der Waals surface area contributed by atoms with Gasteiger partial charge in [-0.1, -0.05) is 26.2 Å². The van der Waals surface area contributed by atoms with Crippen molar-refractivity contribution < 1.29 is 4.74 Å². The summed E-state index contributed by atoms with van der Waals surface area (Å²) in [5, 5.41) is 0.908. The molecule has 0 N–H and O–H groups in total. The predicted molar refractivity (Wildman–Crippen MR) is 61.3 cm³/mol. The Morgan fingerprint density at radius 1 is 1.29 bits per heavy atom. The fraction of sp³-hybridized carbons (Fsp3) is 0.778. The zero-order valence-electron chi connectivity index (χ0n) is 8.65. The number of aromatic nitrogens is 2. The summed E-state index contributed by atoms with van der Waals surface area (Å²) >= 11 is 2.80. The standard InChI is InChI=1S/C9H16N2OS2/c1-3-4-5-6-7-12-8-9(13-2)11-14-10-8/h3-7H2,1-2H3. The minimum atomic E-state index is 0.707. The zero-order chi connectivity index (χ0) is 10.2. The van der Waals surface area contributed by atoms with Crippen LogP contribution in [0.5, 0.6) is 5.88 Å². The molecule has 3 nitrogen and oxygen atoms in total. The summed E-state index contributed by atoms with van der Waals surface area (Å²) in [5.41, 5.74) is 0. The second-order valence-corrected chi connectivity index (χ2v) is 4.31. The summed E-state index contributed by atoms with van der Waals surface area (Å²) in [7, 11) is 0. The molecule has 0 amide bonds. The summed E-state index contributed by atoms with van der Waals surface area (Å²) in [5.74, 6) is 0.707. The van der Waals surface area contributed by atoms with Crippen LogP contribution in [0.4, 0.5) is 0 Å². The van der Waals surface area contributed by atoms with Gasteiger partial charge in [0.15, 0.2) is 5.03 Å². The van der Waals surface area contributed by atoms with Crippen LogP contribution in [0, 0.1) is 0 Å². The van der Waals surface area contributed by atoms with Crippen LogP contribution in [0.1, 0.15) is 32.6 Å². The Kier molecular flexibility index (Phi) is 5.94. The number of hydrogen-bond donors (Lipinski definition) is 0. The first-order chi connectivity index (χ1) is 6.88. The van der Waals surface area contributed by atoms with Crippen molar-refractivity contribution in [3.63, 3.8) is 0 Å². The first kappa shape index (κ1) is 11.8. The van der Waals surface area contributed by atoms with Gasteiger partial charge in [-0.05, 0) is 12.7 Å². The van der Waals surface area contributed by atoms with Crippen molar-refractivity contribution in [2.24, 2.45) is 0 Å². The molecule has 0 bridgehead atoms. The molecule has 0 fully saturated rings. The van der Waals surface area contributed by atoms with E-state index in [0.717, 1.165) is 18.1 Å². The van der Waals surface area contributed by atoms with Gasteiger partial charge >= 0.3 is 0 Å². The normalized spacial score (nSPS) is 10.4. The maximum absolute atomic E-state index is 5.53. The maximum Gasteiger partial charge on any atom is 0.260 e. The van der Waals surface area contributed by atoms with Gasteiger partial charge in [0, 0.05) is 0 Å². The first-order valence-electron chi connectivity index (χ1n) is 4.87. The maximum atomic E-state index is 5.53. The lowest BCUT2D eigenvalue weighted by Gasteiger charge is -2.02. The number of ether oxygens (including phenoxy) is 1. The molecule has 5 heteroatoms. The van der Waals surface area contributed by atoms with E-state index in [0.29, 0.717) is 5.88 Å². The monoisotopic (exact) mass is 232 g/mol. The molecule has 0 unspecified atom stereocenters. The molecule has 0 saturated carbocycles. The van der Waals surface area contributed by atoms with Gasteiger partial charge in [-0.2, -0.15) is 4.37 Å². The molecule has 0 saturated heterocycles. The second kappa shape index (κ2) is 7.06. The fourth-order valence-corrected chi connectivity index (χ4v) is 2.22. The predicted octanol–water partition coefficient (Wildman–Crippen LogP) is 3.22. The molecular formula is C9H16N2OS2. The lowest BCUT2D eigenvalue weighted by Crippen LogP contribution is -1.98. The highest BCUT2D eigenvalue weighted by molar-refractivity contribution is 7.98. The Morgan fingerprint density at radius 3 is 2.86 bits per heavy atom. The summed E-state index contributed by atoms with van der Waals surface area (Å²) in [6.45, 7) is 2.97. The van der Waals surface area contributed by atoms with Crippen LogP contribution in [0.25, 0.3) is 0 Å². The largest absolute Gasteiger partial charge is 0.475 e. The van der Waals surface area contributed by atoms with Crippen molar-refractivity contribution in [3.8, 4) is 5.88 Å². The molecule has 14 heavy (non-hydrogen) atoms. The van der Waals surface area contributed by atoms with E-state index in [1.54, 1.807) is 11.8 Å². The van der Waals surface area contributed by atoms with Crippen molar-refractivity contribution in [1.29, 1.82) is 0 Å².